The number of hydrogen-bond donors (Lipinski definition) is 1. The Morgan fingerprint density at radius 2 is 1.95 bits per heavy atom. The molecule has 0 aromatic heterocycles. The molecule has 22 heavy (non-hydrogen) atoms. The van der Waals surface area contributed by atoms with Crippen LogP contribution in [0.4, 0.5) is 0 Å². The van der Waals surface area contributed by atoms with Gasteiger partial charge in [0.25, 0.3) is 5.91 Å². The van der Waals surface area contributed by atoms with Crippen molar-refractivity contribution < 1.29 is 9.53 Å². The first kappa shape index (κ1) is 17.0. The molecule has 0 fully saturated rings. The van der Waals surface area contributed by atoms with Gasteiger partial charge in [-0.1, -0.05) is 51.8 Å². The smallest absolute Gasteiger partial charge is 0.253 e. The van der Waals surface area contributed by atoms with Crippen LogP contribution in [0.15, 0.2) is 46.9 Å². The third kappa shape index (κ3) is 4.57. The van der Waals surface area contributed by atoms with Gasteiger partial charge in [0.05, 0.1) is 17.2 Å². The molecule has 0 aliphatic rings. The number of rotatable bonds is 6. The van der Waals surface area contributed by atoms with Crippen LogP contribution in [0.2, 0.25) is 5.02 Å². The standard InChI is InChI=1S/C17H17BrClNO2/c1-2-22-11-13-6-4-3-5-12(13)10-20-17(21)15-9-14(18)7-8-16(15)19/h3-9H,2,10-11H2,1H3,(H,20,21). The first-order valence-corrected chi connectivity index (χ1v) is 8.16. The van der Waals surface area contributed by atoms with E-state index in [4.69, 9.17) is 16.3 Å². The van der Waals surface area contributed by atoms with Crippen LogP contribution in [-0.2, 0) is 17.9 Å². The van der Waals surface area contributed by atoms with E-state index < -0.39 is 0 Å². The Bertz CT molecular complexity index is 661. The van der Waals surface area contributed by atoms with Crippen LogP contribution < -0.4 is 5.32 Å². The van der Waals surface area contributed by atoms with Gasteiger partial charge in [0, 0.05) is 17.6 Å². The van der Waals surface area contributed by atoms with E-state index >= 15 is 0 Å². The fourth-order valence-electron chi connectivity index (χ4n) is 2.03. The third-order valence-corrected chi connectivity index (χ3v) is 4.02. The molecule has 1 amide bonds. The van der Waals surface area contributed by atoms with Crippen molar-refractivity contribution in [1.82, 2.24) is 5.32 Å². The average Bonchev–Trinajstić information content (AvgIpc) is 2.53. The molecular formula is C17H17BrClNO2. The molecule has 0 aliphatic heterocycles. The summed E-state index contributed by atoms with van der Waals surface area (Å²) >= 11 is 9.42. The molecule has 0 saturated carbocycles. The second-order valence-corrected chi connectivity index (χ2v) is 6.04. The quantitative estimate of drug-likeness (QED) is 0.795. The predicted molar refractivity (Wildman–Crippen MR) is 92.1 cm³/mol. The highest BCUT2D eigenvalue weighted by Crippen LogP contribution is 2.21. The summed E-state index contributed by atoms with van der Waals surface area (Å²) in [7, 11) is 0. The monoisotopic (exact) mass is 381 g/mol. The van der Waals surface area contributed by atoms with E-state index in [-0.39, 0.29) is 5.91 Å². The fourth-order valence-corrected chi connectivity index (χ4v) is 2.59. The van der Waals surface area contributed by atoms with E-state index in [1.165, 1.54) is 0 Å². The number of hydrogen-bond acceptors (Lipinski definition) is 2. The molecule has 2 rings (SSSR count). The zero-order valence-corrected chi connectivity index (χ0v) is 14.6. The summed E-state index contributed by atoms with van der Waals surface area (Å²) in [6.07, 6.45) is 0. The Balaban J connectivity index is 2.06. The van der Waals surface area contributed by atoms with Crippen molar-refractivity contribution in [3.05, 3.63) is 68.7 Å². The molecule has 0 spiro atoms. The largest absolute Gasteiger partial charge is 0.377 e. The zero-order valence-electron chi connectivity index (χ0n) is 12.2. The highest BCUT2D eigenvalue weighted by molar-refractivity contribution is 9.10. The van der Waals surface area contributed by atoms with Crippen molar-refractivity contribution in [3.8, 4) is 0 Å². The van der Waals surface area contributed by atoms with E-state index in [1.807, 2.05) is 31.2 Å². The Morgan fingerprint density at radius 1 is 1.23 bits per heavy atom. The van der Waals surface area contributed by atoms with Gasteiger partial charge >= 0.3 is 0 Å². The van der Waals surface area contributed by atoms with Gasteiger partial charge in [-0.3, -0.25) is 4.79 Å². The molecule has 0 heterocycles. The highest BCUT2D eigenvalue weighted by Gasteiger charge is 2.11. The number of benzene rings is 2. The zero-order chi connectivity index (χ0) is 15.9. The molecule has 0 unspecified atom stereocenters. The van der Waals surface area contributed by atoms with Crippen LogP contribution in [0, 0.1) is 0 Å². The van der Waals surface area contributed by atoms with Gasteiger partial charge < -0.3 is 10.1 Å². The molecule has 5 heteroatoms. The highest BCUT2D eigenvalue weighted by atomic mass is 79.9. The number of carbonyl (C=O) groups is 1. The van der Waals surface area contributed by atoms with Crippen LogP contribution in [-0.4, -0.2) is 12.5 Å². The van der Waals surface area contributed by atoms with Crippen LogP contribution in [0.1, 0.15) is 28.4 Å². The van der Waals surface area contributed by atoms with E-state index in [0.29, 0.717) is 30.3 Å². The molecule has 0 saturated heterocycles. The summed E-state index contributed by atoms with van der Waals surface area (Å²) in [6, 6.07) is 13.1. The SMILES string of the molecule is CCOCc1ccccc1CNC(=O)c1cc(Br)ccc1Cl. The normalized spacial score (nSPS) is 10.5. The maximum Gasteiger partial charge on any atom is 0.253 e. The van der Waals surface area contributed by atoms with Gasteiger partial charge in [-0.05, 0) is 36.2 Å². The second kappa shape index (κ2) is 8.32. The molecule has 3 nitrogen and oxygen atoms in total. The molecule has 1 N–H and O–H groups in total. The molecule has 0 aliphatic carbocycles. The molecule has 0 bridgehead atoms. The van der Waals surface area contributed by atoms with Crippen LogP contribution in [0.3, 0.4) is 0 Å². The van der Waals surface area contributed by atoms with Crippen molar-refractivity contribution in [1.29, 1.82) is 0 Å². The molecule has 0 atom stereocenters. The number of carbonyl (C=O) groups excluding carboxylic acids is 1. The maximum absolute atomic E-state index is 12.3. The Labute approximate surface area is 143 Å². The van der Waals surface area contributed by atoms with Gasteiger partial charge in [-0.15, -0.1) is 0 Å². The van der Waals surface area contributed by atoms with Gasteiger partial charge in [-0.2, -0.15) is 0 Å². The topological polar surface area (TPSA) is 38.3 Å². The summed E-state index contributed by atoms with van der Waals surface area (Å²) in [5, 5.41) is 3.33. The van der Waals surface area contributed by atoms with E-state index in [0.717, 1.165) is 15.6 Å². The van der Waals surface area contributed by atoms with E-state index in [2.05, 4.69) is 21.2 Å². The van der Waals surface area contributed by atoms with Crippen LogP contribution in [0.5, 0.6) is 0 Å². The van der Waals surface area contributed by atoms with Crippen molar-refractivity contribution in [2.45, 2.75) is 20.1 Å². The first-order valence-electron chi connectivity index (χ1n) is 6.99. The lowest BCUT2D eigenvalue weighted by Crippen LogP contribution is -2.23. The van der Waals surface area contributed by atoms with Crippen molar-refractivity contribution in [2.75, 3.05) is 6.61 Å². The minimum Gasteiger partial charge on any atom is -0.377 e. The molecule has 2 aromatic rings. The minimum atomic E-state index is -0.197. The summed E-state index contributed by atoms with van der Waals surface area (Å²) in [4.78, 5) is 12.3. The van der Waals surface area contributed by atoms with Crippen molar-refractivity contribution in [3.63, 3.8) is 0 Å². The maximum atomic E-state index is 12.3. The van der Waals surface area contributed by atoms with Gasteiger partial charge in [-0.25, -0.2) is 0 Å². The van der Waals surface area contributed by atoms with Crippen LogP contribution >= 0.6 is 27.5 Å². The Hall–Kier alpha value is -1.36. The number of ether oxygens (including phenoxy) is 1. The third-order valence-electron chi connectivity index (χ3n) is 3.19. The van der Waals surface area contributed by atoms with Gasteiger partial charge in [0.2, 0.25) is 0 Å². The van der Waals surface area contributed by atoms with E-state index in [1.54, 1.807) is 18.2 Å². The predicted octanol–water partition coefficient (Wildman–Crippen LogP) is 4.57. The van der Waals surface area contributed by atoms with Crippen molar-refractivity contribution >= 4 is 33.4 Å². The summed E-state index contributed by atoms with van der Waals surface area (Å²) < 4.78 is 6.26. The second-order valence-electron chi connectivity index (χ2n) is 4.71. The van der Waals surface area contributed by atoms with E-state index in [9.17, 15) is 4.79 Å². The lowest BCUT2D eigenvalue weighted by Gasteiger charge is -2.11. The Morgan fingerprint density at radius 3 is 2.68 bits per heavy atom. The summed E-state index contributed by atoms with van der Waals surface area (Å²) in [5.41, 5.74) is 2.57. The molecular weight excluding hydrogens is 366 g/mol. The molecule has 0 radical (unpaired) electrons. The number of halogens is 2. The minimum absolute atomic E-state index is 0.197. The number of amides is 1. The summed E-state index contributed by atoms with van der Waals surface area (Å²) in [5.74, 6) is -0.197. The average molecular weight is 383 g/mol. The van der Waals surface area contributed by atoms with Crippen LogP contribution in [0.25, 0.3) is 0 Å². The fraction of sp³-hybridized carbons (Fsp3) is 0.235. The molecule has 2 aromatic carbocycles. The first-order chi connectivity index (χ1) is 10.6. The molecule has 116 valence electrons. The lowest BCUT2D eigenvalue weighted by atomic mass is 10.1. The Kier molecular flexibility index (Phi) is 6.43. The van der Waals surface area contributed by atoms with Gasteiger partial charge in [0.1, 0.15) is 0 Å². The van der Waals surface area contributed by atoms with Crippen molar-refractivity contribution in [2.24, 2.45) is 0 Å². The lowest BCUT2D eigenvalue weighted by molar-refractivity contribution is 0.0950. The summed E-state index contributed by atoms with van der Waals surface area (Å²) in [6.45, 7) is 3.60. The van der Waals surface area contributed by atoms with Gasteiger partial charge in [0.15, 0.2) is 0 Å². The number of nitrogens with one attached hydrogen (secondary N) is 1.